The Bertz CT molecular complexity index is 109. The number of carbonyl (C=O) groups is 1. The Kier molecular flexibility index (Phi) is 6.11. The van der Waals surface area contributed by atoms with Gasteiger partial charge in [0, 0.05) is 6.61 Å². The van der Waals surface area contributed by atoms with E-state index in [2.05, 4.69) is 4.43 Å². The summed E-state index contributed by atoms with van der Waals surface area (Å²) in [7, 11) is -1.20. The first-order valence-corrected chi connectivity index (χ1v) is 4.73. The SMILES string of the molecule is CCO[SiH2]OC(=O)C(Cl)Cl. The van der Waals surface area contributed by atoms with Gasteiger partial charge in [0.2, 0.25) is 4.84 Å². The van der Waals surface area contributed by atoms with E-state index in [9.17, 15) is 4.79 Å². The molecule has 0 bridgehead atoms. The minimum absolute atomic E-state index is 0.550. The van der Waals surface area contributed by atoms with Crippen molar-refractivity contribution >= 4 is 39.2 Å². The van der Waals surface area contributed by atoms with Crippen LogP contribution in [0.4, 0.5) is 0 Å². The Hall–Kier alpha value is 0.227. The van der Waals surface area contributed by atoms with E-state index in [1.54, 1.807) is 0 Å². The van der Waals surface area contributed by atoms with Crippen LogP contribution >= 0.6 is 23.2 Å². The van der Waals surface area contributed by atoms with E-state index < -0.39 is 20.8 Å². The highest BCUT2D eigenvalue weighted by atomic mass is 35.5. The lowest BCUT2D eigenvalue weighted by Gasteiger charge is -2.03. The lowest BCUT2D eigenvalue weighted by molar-refractivity contribution is -0.133. The molecule has 0 atom stereocenters. The summed E-state index contributed by atoms with van der Waals surface area (Å²) in [6.45, 7) is 2.37. The Morgan fingerprint density at radius 1 is 1.70 bits per heavy atom. The summed E-state index contributed by atoms with van der Waals surface area (Å²) >= 11 is 10.3. The summed E-state index contributed by atoms with van der Waals surface area (Å²) in [5.41, 5.74) is 0. The van der Waals surface area contributed by atoms with Crippen molar-refractivity contribution in [3.8, 4) is 0 Å². The summed E-state index contributed by atoms with van der Waals surface area (Å²) in [4.78, 5) is 9.40. The molecular formula is C4H8Cl2O3Si. The van der Waals surface area contributed by atoms with Gasteiger partial charge >= 0.3 is 16.0 Å². The minimum Gasteiger partial charge on any atom is -0.497 e. The third-order valence-corrected chi connectivity index (χ3v) is 2.00. The van der Waals surface area contributed by atoms with Crippen LogP contribution in [0.1, 0.15) is 6.92 Å². The highest BCUT2D eigenvalue weighted by Gasteiger charge is 2.11. The molecular weight excluding hydrogens is 195 g/mol. The van der Waals surface area contributed by atoms with Gasteiger partial charge in [0.25, 0.3) is 0 Å². The molecule has 10 heavy (non-hydrogen) atoms. The number of rotatable bonds is 4. The fraction of sp³-hybridized carbons (Fsp3) is 0.750. The third-order valence-electron chi connectivity index (χ3n) is 0.667. The molecule has 0 unspecified atom stereocenters. The highest BCUT2D eigenvalue weighted by Crippen LogP contribution is 2.02. The van der Waals surface area contributed by atoms with Crippen molar-refractivity contribution in [1.29, 1.82) is 0 Å². The molecule has 0 aromatic rings. The van der Waals surface area contributed by atoms with Gasteiger partial charge in [0.15, 0.2) is 0 Å². The Morgan fingerprint density at radius 3 is 2.70 bits per heavy atom. The molecule has 0 fully saturated rings. The molecule has 0 aliphatic carbocycles. The van der Waals surface area contributed by atoms with Crippen LogP contribution in [0.25, 0.3) is 0 Å². The topological polar surface area (TPSA) is 35.5 Å². The molecule has 0 N–H and O–H groups in total. The van der Waals surface area contributed by atoms with E-state index in [0.29, 0.717) is 6.61 Å². The molecule has 0 amide bonds. The van der Waals surface area contributed by atoms with Gasteiger partial charge in [0.05, 0.1) is 0 Å². The predicted octanol–water partition coefficient (Wildman–Crippen LogP) is 0.369. The lowest BCUT2D eigenvalue weighted by atomic mass is 10.8. The monoisotopic (exact) mass is 202 g/mol. The Labute approximate surface area is 71.7 Å². The second-order valence-corrected chi connectivity index (χ2v) is 3.40. The van der Waals surface area contributed by atoms with Crippen molar-refractivity contribution in [2.24, 2.45) is 0 Å². The summed E-state index contributed by atoms with van der Waals surface area (Å²) in [5.74, 6) is -0.622. The number of carbonyl (C=O) groups excluding carboxylic acids is 1. The number of hydrogen-bond acceptors (Lipinski definition) is 3. The van der Waals surface area contributed by atoms with Crippen molar-refractivity contribution in [3.05, 3.63) is 0 Å². The minimum atomic E-state index is -1.20. The van der Waals surface area contributed by atoms with Gasteiger partial charge < -0.3 is 8.85 Å². The van der Waals surface area contributed by atoms with Crippen LogP contribution in [0.3, 0.4) is 0 Å². The summed E-state index contributed by atoms with van der Waals surface area (Å²) in [6, 6.07) is 0. The Balaban J connectivity index is 3.22. The first-order valence-electron chi connectivity index (χ1n) is 2.71. The van der Waals surface area contributed by atoms with Crippen molar-refractivity contribution in [2.45, 2.75) is 11.8 Å². The fourth-order valence-corrected chi connectivity index (χ4v) is 1.12. The zero-order chi connectivity index (χ0) is 7.98. The molecule has 0 aromatic carbocycles. The van der Waals surface area contributed by atoms with E-state index in [0.717, 1.165) is 0 Å². The zero-order valence-electron chi connectivity index (χ0n) is 5.47. The molecule has 0 aliphatic rings. The molecule has 3 nitrogen and oxygen atoms in total. The Morgan fingerprint density at radius 2 is 2.30 bits per heavy atom. The maximum Gasteiger partial charge on any atom is 0.369 e. The van der Waals surface area contributed by atoms with Gasteiger partial charge in [-0.3, -0.25) is 4.79 Å². The molecule has 0 radical (unpaired) electrons. The number of alkyl halides is 2. The first-order chi connectivity index (χ1) is 4.68. The van der Waals surface area contributed by atoms with Crippen LogP contribution in [0.5, 0.6) is 0 Å². The number of halogens is 2. The fourth-order valence-electron chi connectivity index (χ4n) is 0.246. The molecule has 0 aromatic heterocycles. The smallest absolute Gasteiger partial charge is 0.369 e. The molecule has 0 aliphatic heterocycles. The molecule has 0 saturated heterocycles. The molecule has 6 heteroatoms. The van der Waals surface area contributed by atoms with Gasteiger partial charge in [-0.25, -0.2) is 0 Å². The van der Waals surface area contributed by atoms with Crippen molar-refractivity contribution in [1.82, 2.24) is 0 Å². The summed E-state index contributed by atoms with van der Waals surface area (Å²) in [5, 5.41) is 0. The highest BCUT2D eigenvalue weighted by molar-refractivity contribution is 6.53. The van der Waals surface area contributed by atoms with Crippen LogP contribution in [0, 0.1) is 0 Å². The van der Waals surface area contributed by atoms with Crippen molar-refractivity contribution < 1.29 is 13.6 Å². The standard InChI is InChI=1S/C4H8Cl2O3Si/c1-2-8-10-9-4(7)3(5)6/h3H,2,10H2,1H3. The average molecular weight is 203 g/mol. The molecule has 0 rings (SSSR count). The largest absolute Gasteiger partial charge is 0.497 e. The van der Waals surface area contributed by atoms with Gasteiger partial charge in [-0.15, -0.1) is 0 Å². The third kappa shape index (κ3) is 5.05. The molecule has 0 spiro atoms. The van der Waals surface area contributed by atoms with Crippen LogP contribution in [0.2, 0.25) is 0 Å². The van der Waals surface area contributed by atoms with Crippen LogP contribution in [0.15, 0.2) is 0 Å². The number of hydrogen-bond donors (Lipinski definition) is 0. The van der Waals surface area contributed by atoms with E-state index in [1.165, 1.54) is 0 Å². The van der Waals surface area contributed by atoms with E-state index in [1.807, 2.05) is 6.92 Å². The molecule has 0 saturated carbocycles. The average Bonchev–Trinajstić information content (AvgIpc) is 1.88. The maximum atomic E-state index is 10.5. The van der Waals surface area contributed by atoms with E-state index in [-0.39, 0.29) is 0 Å². The van der Waals surface area contributed by atoms with Crippen LogP contribution < -0.4 is 0 Å². The van der Waals surface area contributed by atoms with Gasteiger partial charge in [0.1, 0.15) is 0 Å². The van der Waals surface area contributed by atoms with Crippen molar-refractivity contribution in [3.63, 3.8) is 0 Å². The second kappa shape index (κ2) is 5.97. The van der Waals surface area contributed by atoms with Gasteiger partial charge in [-0.1, -0.05) is 23.2 Å². The lowest BCUT2D eigenvalue weighted by Crippen LogP contribution is -2.16. The van der Waals surface area contributed by atoms with Crippen molar-refractivity contribution in [2.75, 3.05) is 6.61 Å². The quantitative estimate of drug-likeness (QED) is 0.376. The van der Waals surface area contributed by atoms with Crippen LogP contribution in [-0.2, 0) is 13.6 Å². The van der Waals surface area contributed by atoms with Gasteiger partial charge in [-0.05, 0) is 6.92 Å². The predicted molar refractivity (Wildman–Crippen MR) is 41.8 cm³/mol. The van der Waals surface area contributed by atoms with Gasteiger partial charge in [-0.2, -0.15) is 0 Å². The first kappa shape index (κ1) is 10.2. The molecule has 0 heterocycles. The normalized spacial score (nSPS) is 11.2. The summed E-state index contributed by atoms with van der Waals surface area (Å²) in [6.07, 6.45) is 0. The summed E-state index contributed by atoms with van der Waals surface area (Å²) < 4.78 is 9.39. The molecule has 60 valence electrons. The second-order valence-electron chi connectivity index (χ2n) is 1.37. The zero-order valence-corrected chi connectivity index (χ0v) is 8.40. The van der Waals surface area contributed by atoms with E-state index >= 15 is 0 Å². The maximum absolute atomic E-state index is 10.5. The van der Waals surface area contributed by atoms with Crippen LogP contribution in [-0.4, -0.2) is 27.4 Å². The van der Waals surface area contributed by atoms with E-state index in [4.69, 9.17) is 27.6 Å².